The number of rotatable bonds is 16. The lowest BCUT2D eigenvalue weighted by Gasteiger charge is -2.23. The first kappa shape index (κ1) is 32.5. The number of nitrogens with one attached hydrogen (secondary N) is 2. The third kappa shape index (κ3) is 10.4. The van der Waals surface area contributed by atoms with Crippen molar-refractivity contribution < 1.29 is 19.1 Å². The Morgan fingerprint density at radius 1 is 0.929 bits per heavy atom. The molecule has 0 atom stereocenters. The predicted octanol–water partition coefficient (Wildman–Crippen LogP) is 4.81. The summed E-state index contributed by atoms with van der Waals surface area (Å²) in [6.07, 6.45) is 1.57. The number of carbonyl (C=O) groups excluding carboxylic acids is 2. The van der Waals surface area contributed by atoms with Gasteiger partial charge in [-0.3, -0.25) is 9.59 Å². The van der Waals surface area contributed by atoms with Crippen LogP contribution >= 0.6 is 0 Å². The highest BCUT2D eigenvalue weighted by molar-refractivity contribution is 6.09. The van der Waals surface area contributed by atoms with Crippen LogP contribution in [0, 0.1) is 6.92 Å². The van der Waals surface area contributed by atoms with Crippen molar-refractivity contribution in [3.8, 4) is 5.75 Å². The Labute approximate surface area is 249 Å². The molecule has 3 rings (SSSR count). The molecular formula is C33H43N5O4. The zero-order valence-corrected chi connectivity index (χ0v) is 25.4. The molecule has 0 bridgehead atoms. The number of likely N-dealkylation sites (N-methyl/N-ethyl adjacent to an activating group) is 2. The number of carbonyl (C=O) groups is 2. The average Bonchev–Trinajstić information content (AvgIpc) is 2.99. The van der Waals surface area contributed by atoms with Gasteiger partial charge in [-0.15, -0.1) is 0 Å². The minimum Gasteiger partial charge on any atom is -0.491 e. The van der Waals surface area contributed by atoms with Crippen molar-refractivity contribution in [2.75, 3.05) is 58.9 Å². The zero-order chi connectivity index (χ0) is 30.3. The van der Waals surface area contributed by atoms with Gasteiger partial charge in [0.1, 0.15) is 12.4 Å². The first-order valence-corrected chi connectivity index (χ1v) is 14.3. The third-order valence-electron chi connectivity index (χ3n) is 6.83. The predicted molar refractivity (Wildman–Crippen MR) is 169 cm³/mol. The van der Waals surface area contributed by atoms with Crippen LogP contribution in [0.2, 0.25) is 0 Å². The fourth-order valence-electron chi connectivity index (χ4n) is 4.28. The number of amides is 2. The molecule has 0 unspecified atom stereocenters. The number of anilines is 1. The largest absolute Gasteiger partial charge is 0.491 e. The maximum atomic E-state index is 13.3. The average molecular weight is 574 g/mol. The van der Waals surface area contributed by atoms with E-state index in [0.717, 1.165) is 49.4 Å². The molecule has 0 aromatic heterocycles. The molecule has 3 aromatic carbocycles. The van der Waals surface area contributed by atoms with Crippen molar-refractivity contribution in [3.63, 3.8) is 0 Å². The van der Waals surface area contributed by atoms with Crippen molar-refractivity contribution in [1.82, 2.24) is 15.2 Å². The zero-order valence-electron chi connectivity index (χ0n) is 25.4. The maximum Gasteiger partial charge on any atom is 0.273 e. The number of aryl methyl sites for hydroxylation is 1. The van der Waals surface area contributed by atoms with E-state index in [0.29, 0.717) is 30.2 Å². The number of ether oxygens (including phenoxy) is 2. The van der Waals surface area contributed by atoms with E-state index in [-0.39, 0.29) is 11.5 Å². The van der Waals surface area contributed by atoms with Gasteiger partial charge < -0.3 is 24.6 Å². The van der Waals surface area contributed by atoms with Gasteiger partial charge in [0.15, 0.2) is 0 Å². The molecule has 2 N–H and O–H groups in total. The Hall–Kier alpha value is -4.05. The number of nitrogens with zero attached hydrogens (tertiary/aromatic N) is 3. The van der Waals surface area contributed by atoms with Crippen LogP contribution in [0.4, 0.5) is 5.69 Å². The second-order valence-corrected chi connectivity index (χ2v) is 10.1. The molecule has 9 heteroatoms. The Morgan fingerprint density at radius 3 is 2.40 bits per heavy atom. The number of hydrogen-bond acceptors (Lipinski definition) is 7. The van der Waals surface area contributed by atoms with Gasteiger partial charge in [0.25, 0.3) is 11.8 Å². The highest BCUT2D eigenvalue weighted by Gasteiger charge is 2.16. The van der Waals surface area contributed by atoms with Crippen LogP contribution in [0.25, 0.3) is 0 Å². The molecule has 0 heterocycles. The maximum absolute atomic E-state index is 13.3. The Kier molecular flexibility index (Phi) is 13.2. The quantitative estimate of drug-likeness (QED) is 0.145. The summed E-state index contributed by atoms with van der Waals surface area (Å²) in [5.41, 5.74) is 6.67. The summed E-state index contributed by atoms with van der Waals surface area (Å²) in [7, 11) is 3.67. The van der Waals surface area contributed by atoms with E-state index in [9.17, 15) is 9.59 Å². The second-order valence-electron chi connectivity index (χ2n) is 10.1. The van der Waals surface area contributed by atoms with Gasteiger partial charge in [-0.1, -0.05) is 55.8 Å². The van der Waals surface area contributed by atoms with E-state index < -0.39 is 5.91 Å². The minimum atomic E-state index is -0.477. The van der Waals surface area contributed by atoms with Crippen molar-refractivity contribution in [1.29, 1.82) is 0 Å². The molecule has 3 aromatic rings. The first-order chi connectivity index (χ1) is 20.3. The monoisotopic (exact) mass is 573 g/mol. The van der Waals surface area contributed by atoms with Gasteiger partial charge >= 0.3 is 0 Å². The number of benzene rings is 3. The first-order valence-electron chi connectivity index (χ1n) is 14.3. The molecule has 0 saturated heterocycles. The summed E-state index contributed by atoms with van der Waals surface area (Å²) >= 11 is 0. The SMILES string of the molecule is CCN(CC)CCN(C)Cc1cccc(C(=O)Nc2ccc(OCCOC)cc2C(=O)N/N=C/c2ccc(C)cc2)c1. The molecular weight excluding hydrogens is 530 g/mol. The summed E-state index contributed by atoms with van der Waals surface area (Å²) in [6.45, 7) is 11.8. The Bertz CT molecular complexity index is 1320. The lowest BCUT2D eigenvalue weighted by Crippen LogP contribution is -2.32. The molecule has 0 fully saturated rings. The van der Waals surface area contributed by atoms with E-state index in [1.165, 1.54) is 0 Å². The van der Waals surface area contributed by atoms with E-state index in [1.807, 2.05) is 49.4 Å². The van der Waals surface area contributed by atoms with Gasteiger partial charge in [-0.05, 0) is 68.5 Å². The van der Waals surface area contributed by atoms with Gasteiger partial charge in [-0.2, -0.15) is 5.10 Å². The summed E-state index contributed by atoms with van der Waals surface area (Å²) in [6, 6.07) is 20.3. The molecule has 0 radical (unpaired) electrons. The van der Waals surface area contributed by atoms with Gasteiger partial charge in [0.05, 0.1) is 24.1 Å². The lowest BCUT2D eigenvalue weighted by molar-refractivity contribution is 0.0955. The Balaban J connectivity index is 1.73. The van der Waals surface area contributed by atoms with E-state index in [2.05, 4.69) is 46.5 Å². The highest BCUT2D eigenvalue weighted by atomic mass is 16.5. The van der Waals surface area contributed by atoms with Crippen LogP contribution in [0.15, 0.2) is 71.8 Å². The Morgan fingerprint density at radius 2 is 1.69 bits per heavy atom. The van der Waals surface area contributed by atoms with Crippen molar-refractivity contribution >= 4 is 23.7 Å². The molecule has 42 heavy (non-hydrogen) atoms. The van der Waals surface area contributed by atoms with Crippen LogP contribution in [0.3, 0.4) is 0 Å². The van der Waals surface area contributed by atoms with Crippen LogP contribution in [0.1, 0.15) is 51.3 Å². The highest BCUT2D eigenvalue weighted by Crippen LogP contribution is 2.23. The number of hydrogen-bond donors (Lipinski definition) is 2. The van der Waals surface area contributed by atoms with Crippen LogP contribution in [-0.4, -0.2) is 81.4 Å². The van der Waals surface area contributed by atoms with Crippen LogP contribution in [-0.2, 0) is 11.3 Å². The number of hydrazone groups is 1. The van der Waals surface area contributed by atoms with Gasteiger partial charge in [0.2, 0.25) is 0 Å². The van der Waals surface area contributed by atoms with Gasteiger partial charge in [0, 0.05) is 32.3 Å². The molecule has 0 saturated carbocycles. The standard InChI is InChI=1S/C33H43N5O4/c1-6-38(7-2)18-17-37(4)24-27-9-8-10-28(21-27)32(39)35-31-16-15-29(42-20-19-41-5)22-30(31)33(40)36-34-23-26-13-11-25(3)12-14-26/h8-16,21-23H,6-7,17-20,24H2,1-5H3,(H,35,39)(H,36,40)/b34-23+. The molecule has 9 nitrogen and oxygen atoms in total. The number of methoxy groups -OCH3 is 1. The molecule has 2 amide bonds. The molecule has 224 valence electrons. The van der Waals surface area contributed by atoms with Crippen molar-refractivity contribution in [3.05, 3.63) is 94.5 Å². The lowest BCUT2D eigenvalue weighted by atomic mass is 10.1. The molecule has 0 aliphatic heterocycles. The fraction of sp³-hybridized carbons (Fsp3) is 0.364. The normalized spacial score (nSPS) is 11.3. The van der Waals surface area contributed by atoms with Crippen LogP contribution < -0.4 is 15.5 Å². The fourth-order valence-corrected chi connectivity index (χ4v) is 4.28. The van der Waals surface area contributed by atoms with Crippen molar-refractivity contribution in [2.24, 2.45) is 5.10 Å². The summed E-state index contributed by atoms with van der Waals surface area (Å²) in [5.74, 6) is -0.310. The smallest absolute Gasteiger partial charge is 0.273 e. The van der Waals surface area contributed by atoms with E-state index in [1.54, 1.807) is 37.6 Å². The summed E-state index contributed by atoms with van der Waals surface area (Å²) in [4.78, 5) is 31.1. The topological polar surface area (TPSA) is 95.5 Å². The molecule has 0 aliphatic rings. The van der Waals surface area contributed by atoms with E-state index in [4.69, 9.17) is 9.47 Å². The third-order valence-corrected chi connectivity index (χ3v) is 6.83. The van der Waals surface area contributed by atoms with Crippen molar-refractivity contribution in [2.45, 2.75) is 27.3 Å². The molecule has 0 aliphatic carbocycles. The van der Waals surface area contributed by atoms with Gasteiger partial charge in [-0.25, -0.2) is 5.43 Å². The summed E-state index contributed by atoms with van der Waals surface area (Å²) in [5, 5.41) is 7.00. The summed E-state index contributed by atoms with van der Waals surface area (Å²) < 4.78 is 10.8. The minimum absolute atomic E-state index is 0.228. The van der Waals surface area contributed by atoms with Crippen LogP contribution in [0.5, 0.6) is 5.75 Å². The van der Waals surface area contributed by atoms with E-state index >= 15 is 0 Å². The molecule has 0 spiro atoms. The second kappa shape index (κ2) is 17.0.